The highest BCUT2D eigenvalue weighted by Gasteiger charge is 1.83. The van der Waals surface area contributed by atoms with Crippen LogP contribution in [0.4, 0.5) is 4.39 Å². The zero-order valence-electron chi connectivity index (χ0n) is 12.3. The van der Waals surface area contributed by atoms with Crippen molar-refractivity contribution in [3.63, 3.8) is 0 Å². The van der Waals surface area contributed by atoms with E-state index in [0.29, 0.717) is 0 Å². The summed E-state index contributed by atoms with van der Waals surface area (Å²) >= 11 is 0. The first kappa shape index (κ1) is 17.1. The van der Waals surface area contributed by atoms with E-state index in [-0.39, 0.29) is 5.82 Å². The van der Waals surface area contributed by atoms with E-state index in [0.717, 1.165) is 5.56 Å². The van der Waals surface area contributed by atoms with Gasteiger partial charge in [0.05, 0.1) is 0 Å². The fraction of sp³-hybridized carbons (Fsp3) is 0.222. The molecule has 0 spiro atoms. The molecule has 0 radical (unpaired) electrons. The first-order valence-electron chi connectivity index (χ1n) is 6.53. The SMILES string of the molecule is C=Cc1ccc(C)cc1.CC.Cc1ccc(F)cc1. The summed E-state index contributed by atoms with van der Waals surface area (Å²) in [5.41, 5.74) is 3.56. The highest BCUT2D eigenvalue weighted by molar-refractivity contribution is 5.46. The molecule has 0 unspecified atom stereocenters. The fourth-order valence-corrected chi connectivity index (χ4v) is 1.24. The van der Waals surface area contributed by atoms with Crippen LogP contribution in [0.1, 0.15) is 30.5 Å². The number of rotatable bonds is 1. The molecule has 0 N–H and O–H groups in total. The molecule has 0 amide bonds. The van der Waals surface area contributed by atoms with E-state index in [1.165, 1.54) is 23.3 Å². The van der Waals surface area contributed by atoms with Crippen LogP contribution in [0.5, 0.6) is 0 Å². The number of halogens is 1. The van der Waals surface area contributed by atoms with Gasteiger partial charge in [0, 0.05) is 0 Å². The molecule has 0 nitrogen and oxygen atoms in total. The van der Waals surface area contributed by atoms with Gasteiger partial charge in [-0.25, -0.2) is 4.39 Å². The second kappa shape index (κ2) is 10.1. The van der Waals surface area contributed by atoms with Crippen molar-refractivity contribution in [2.75, 3.05) is 0 Å². The van der Waals surface area contributed by atoms with E-state index in [2.05, 4.69) is 37.8 Å². The molecule has 0 bridgehead atoms. The Labute approximate surface area is 116 Å². The predicted octanol–water partition coefficient (Wildman–Crippen LogP) is 5.80. The van der Waals surface area contributed by atoms with Crippen molar-refractivity contribution < 1.29 is 4.39 Å². The average Bonchev–Trinajstić information content (AvgIpc) is 2.46. The van der Waals surface area contributed by atoms with Gasteiger partial charge < -0.3 is 0 Å². The van der Waals surface area contributed by atoms with Gasteiger partial charge in [-0.15, -0.1) is 0 Å². The first-order valence-corrected chi connectivity index (χ1v) is 6.53. The molecule has 0 aliphatic carbocycles. The first-order chi connectivity index (χ1) is 9.11. The van der Waals surface area contributed by atoms with Crippen LogP contribution in [0.25, 0.3) is 6.08 Å². The summed E-state index contributed by atoms with van der Waals surface area (Å²) in [5, 5.41) is 0. The van der Waals surface area contributed by atoms with Crippen molar-refractivity contribution in [2.45, 2.75) is 27.7 Å². The second-order valence-electron chi connectivity index (χ2n) is 3.91. The molecule has 0 atom stereocenters. The summed E-state index contributed by atoms with van der Waals surface area (Å²) in [7, 11) is 0. The topological polar surface area (TPSA) is 0 Å². The van der Waals surface area contributed by atoms with Crippen LogP contribution < -0.4 is 0 Å². The molecule has 0 saturated heterocycles. The van der Waals surface area contributed by atoms with E-state index in [4.69, 9.17) is 0 Å². The third kappa shape index (κ3) is 7.93. The molecule has 1 heteroatoms. The van der Waals surface area contributed by atoms with Crippen LogP contribution in [-0.4, -0.2) is 0 Å². The largest absolute Gasteiger partial charge is 0.207 e. The zero-order chi connectivity index (χ0) is 14.7. The lowest BCUT2D eigenvalue weighted by molar-refractivity contribution is 0.627. The molecule has 2 aromatic rings. The average molecular weight is 258 g/mol. The van der Waals surface area contributed by atoms with Gasteiger partial charge in [-0.2, -0.15) is 0 Å². The lowest BCUT2D eigenvalue weighted by atomic mass is 10.2. The third-order valence-corrected chi connectivity index (χ3v) is 2.32. The Morgan fingerprint density at radius 2 is 1.16 bits per heavy atom. The Bertz CT molecular complexity index is 431. The summed E-state index contributed by atoms with van der Waals surface area (Å²) in [6.07, 6.45) is 1.85. The van der Waals surface area contributed by atoms with Gasteiger partial charge in [0.1, 0.15) is 5.82 Å². The van der Waals surface area contributed by atoms with Crippen molar-refractivity contribution in [1.29, 1.82) is 0 Å². The number of hydrogen-bond donors (Lipinski definition) is 0. The summed E-state index contributed by atoms with van der Waals surface area (Å²) in [5.74, 6) is -0.171. The fourth-order valence-electron chi connectivity index (χ4n) is 1.24. The minimum absolute atomic E-state index is 0.171. The summed E-state index contributed by atoms with van der Waals surface area (Å²) in [4.78, 5) is 0. The van der Waals surface area contributed by atoms with Gasteiger partial charge in [-0.3, -0.25) is 0 Å². The molecule has 0 aromatic heterocycles. The van der Waals surface area contributed by atoms with Crippen molar-refractivity contribution in [3.8, 4) is 0 Å². The highest BCUT2D eigenvalue weighted by atomic mass is 19.1. The van der Waals surface area contributed by atoms with Crippen LogP contribution in [0.2, 0.25) is 0 Å². The van der Waals surface area contributed by atoms with E-state index in [1.54, 1.807) is 12.1 Å². The molecule has 0 fully saturated rings. The zero-order valence-corrected chi connectivity index (χ0v) is 12.3. The van der Waals surface area contributed by atoms with Gasteiger partial charge in [0.15, 0.2) is 0 Å². The number of aryl methyl sites for hydroxylation is 2. The van der Waals surface area contributed by atoms with Crippen molar-refractivity contribution >= 4 is 6.08 Å². The maximum Gasteiger partial charge on any atom is 0.123 e. The standard InChI is InChI=1S/C9H10.C7H7F.C2H6/c1-3-9-6-4-8(2)5-7-9;1-6-2-4-7(8)5-3-6;1-2/h3-7H,1H2,2H3;2-5H,1H3;1-2H3. The normalized spacial score (nSPS) is 8.47. The Kier molecular flexibility index (Phi) is 9.07. The Morgan fingerprint density at radius 1 is 0.789 bits per heavy atom. The molecule has 0 heterocycles. The predicted molar refractivity (Wildman–Crippen MR) is 83.8 cm³/mol. The molecule has 0 aliphatic rings. The lowest BCUT2D eigenvalue weighted by Crippen LogP contribution is -1.71. The van der Waals surface area contributed by atoms with E-state index < -0.39 is 0 Å². The van der Waals surface area contributed by atoms with Crippen molar-refractivity contribution in [1.82, 2.24) is 0 Å². The molecule has 19 heavy (non-hydrogen) atoms. The third-order valence-electron chi connectivity index (χ3n) is 2.32. The Hall–Kier alpha value is -1.89. The monoisotopic (exact) mass is 258 g/mol. The van der Waals surface area contributed by atoms with Crippen molar-refractivity contribution in [3.05, 3.63) is 77.6 Å². The molecular formula is C18H23F. The lowest BCUT2D eigenvalue weighted by Gasteiger charge is -1.91. The smallest absolute Gasteiger partial charge is 0.123 e. The van der Waals surface area contributed by atoms with Gasteiger partial charge >= 0.3 is 0 Å². The minimum atomic E-state index is -0.171. The minimum Gasteiger partial charge on any atom is -0.207 e. The quantitative estimate of drug-likeness (QED) is 0.606. The van der Waals surface area contributed by atoms with Crippen LogP contribution in [0.15, 0.2) is 55.1 Å². The van der Waals surface area contributed by atoms with E-state index in [1.807, 2.05) is 26.8 Å². The van der Waals surface area contributed by atoms with Crippen LogP contribution >= 0.6 is 0 Å². The van der Waals surface area contributed by atoms with Gasteiger partial charge in [0.2, 0.25) is 0 Å². The summed E-state index contributed by atoms with van der Waals surface area (Å²) < 4.78 is 12.1. The highest BCUT2D eigenvalue weighted by Crippen LogP contribution is 2.02. The Balaban J connectivity index is 0.000000303. The molecule has 0 aliphatic heterocycles. The van der Waals surface area contributed by atoms with Crippen LogP contribution in [0.3, 0.4) is 0 Å². The molecule has 2 rings (SSSR count). The summed E-state index contributed by atoms with van der Waals surface area (Å²) in [6.45, 7) is 11.7. The van der Waals surface area contributed by atoms with Crippen LogP contribution in [0, 0.1) is 19.7 Å². The maximum absolute atomic E-state index is 12.1. The van der Waals surface area contributed by atoms with Crippen LogP contribution in [-0.2, 0) is 0 Å². The number of benzene rings is 2. The van der Waals surface area contributed by atoms with Gasteiger partial charge in [-0.05, 0) is 31.5 Å². The Morgan fingerprint density at radius 3 is 1.47 bits per heavy atom. The van der Waals surface area contributed by atoms with Gasteiger partial charge in [-0.1, -0.05) is 74.0 Å². The maximum atomic E-state index is 12.1. The van der Waals surface area contributed by atoms with E-state index in [9.17, 15) is 4.39 Å². The molecule has 102 valence electrons. The van der Waals surface area contributed by atoms with Gasteiger partial charge in [0.25, 0.3) is 0 Å². The summed E-state index contributed by atoms with van der Waals surface area (Å²) in [6, 6.07) is 14.7. The van der Waals surface area contributed by atoms with E-state index >= 15 is 0 Å². The molecule has 2 aromatic carbocycles. The second-order valence-corrected chi connectivity index (χ2v) is 3.91. The molecule has 0 saturated carbocycles. The van der Waals surface area contributed by atoms with Crippen molar-refractivity contribution in [2.24, 2.45) is 0 Å². The molecular weight excluding hydrogens is 235 g/mol. The number of hydrogen-bond acceptors (Lipinski definition) is 0.